The van der Waals surface area contributed by atoms with Gasteiger partial charge in [-0.3, -0.25) is 5.41 Å². The van der Waals surface area contributed by atoms with Crippen LogP contribution in [0.4, 0.5) is 5.69 Å². The first kappa shape index (κ1) is 16.9. The van der Waals surface area contributed by atoms with E-state index in [1.54, 1.807) is 0 Å². The van der Waals surface area contributed by atoms with E-state index in [-0.39, 0.29) is 6.04 Å². The second kappa shape index (κ2) is 6.64. The highest BCUT2D eigenvalue weighted by molar-refractivity contribution is 5.99. The number of nitrogens with one attached hydrogen (secondary N) is 3. The molecular formula is C21H21N5O. The lowest BCUT2D eigenvalue weighted by atomic mass is 10.1. The molecule has 4 rings (SSSR count). The molecule has 0 spiro atoms. The molecule has 0 amide bonds. The van der Waals surface area contributed by atoms with Gasteiger partial charge < -0.3 is 20.5 Å². The van der Waals surface area contributed by atoms with E-state index in [2.05, 4.69) is 15.3 Å². The number of amidine groups is 1. The number of aromatic amines is 1. The predicted molar refractivity (Wildman–Crippen MR) is 109 cm³/mol. The number of benzene rings is 2. The first-order chi connectivity index (χ1) is 13.0. The fourth-order valence-electron chi connectivity index (χ4n) is 2.92. The van der Waals surface area contributed by atoms with E-state index in [1.165, 1.54) is 0 Å². The van der Waals surface area contributed by atoms with Crippen molar-refractivity contribution in [3.63, 3.8) is 0 Å². The highest BCUT2D eigenvalue weighted by atomic mass is 16.3. The monoisotopic (exact) mass is 359 g/mol. The molecule has 0 fully saturated rings. The maximum absolute atomic E-state index is 8.15. The number of hydrogen-bond donors (Lipinski definition) is 4. The number of furan rings is 1. The number of nitrogen functional groups attached to an aromatic ring is 1. The molecule has 0 atom stereocenters. The Labute approximate surface area is 156 Å². The fourth-order valence-corrected chi connectivity index (χ4v) is 2.92. The van der Waals surface area contributed by atoms with E-state index < -0.39 is 0 Å². The summed E-state index contributed by atoms with van der Waals surface area (Å²) in [7, 11) is 0. The summed E-state index contributed by atoms with van der Waals surface area (Å²) >= 11 is 0. The summed E-state index contributed by atoms with van der Waals surface area (Å²) in [6.45, 7) is 4.02. The zero-order valence-corrected chi connectivity index (χ0v) is 15.2. The van der Waals surface area contributed by atoms with Crippen molar-refractivity contribution < 1.29 is 4.42 Å². The molecular weight excluding hydrogens is 338 g/mol. The van der Waals surface area contributed by atoms with Crippen LogP contribution in [0, 0.1) is 5.41 Å². The Kier molecular flexibility index (Phi) is 4.16. The van der Waals surface area contributed by atoms with Gasteiger partial charge in [0, 0.05) is 22.9 Å². The van der Waals surface area contributed by atoms with Crippen molar-refractivity contribution in [2.24, 2.45) is 0 Å². The zero-order valence-electron chi connectivity index (χ0n) is 15.2. The van der Waals surface area contributed by atoms with E-state index in [9.17, 15) is 0 Å². The van der Waals surface area contributed by atoms with Crippen molar-refractivity contribution >= 4 is 22.6 Å². The Bertz CT molecular complexity index is 1110. The van der Waals surface area contributed by atoms with Crippen LogP contribution in [0.3, 0.4) is 0 Å². The van der Waals surface area contributed by atoms with Gasteiger partial charge in [-0.2, -0.15) is 0 Å². The number of rotatable bonds is 4. The molecule has 0 saturated carbocycles. The molecule has 0 bridgehead atoms. The fraction of sp³-hybridized carbons (Fsp3) is 0.143. The minimum Gasteiger partial charge on any atom is -0.453 e. The van der Waals surface area contributed by atoms with Gasteiger partial charge in [-0.05, 0) is 68.4 Å². The van der Waals surface area contributed by atoms with Gasteiger partial charge >= 0.3 is 0 Å². The number of H-pyrrole nitrogens is 1. The van der Waals surface area contributed by atoms with Crippen LogP contribution in [0.5, 0.6) is 0 Å². The Morgan fingerprint density at radius 3 is 2.56 bits per heavy atom. The van der Waals surface area contributed by atoms with Gasteiger partial charge in [0.2, 0.25) is 0 Å². The maximum atomic E-state index is 8.15. The highest BCUT2D eigenvalue weighted by Gasteiger charge is 2.12. The van der Waals surface area contributed by atoms with Gasteiger partial charge in [0.15, 0.2) is 11.6 Å². The minimum absolute atomic E-state index is 0.209. The van der Waals surface area contributed by atoms with Crippen LogP contribution in [0.1, 0.15) is 19.4 Å². The normalized spacial score (nSPS) is 11.2. The van der Waals surface area contributed by atoms with Crippen LogP contribution >= 0.6 is 0 Å². The van der Waals surface area contributed by atoms with Gasteiger partial charge in [0.05, 0.1) is 11.0 Å². The molecule has 6 nitrogen and oxygen atoms in total. The van der Waals surface area contributed by atoms with E-state index in [1.807, 2.05) is 68.4 Å². The molecule has 2 heterocycles. The molecule has 0 aliphatic carbocycles. The molecule has 0 aliphatic rings. The summed E-state index contributed by atoms with van der Waals surface area (Å²) in [4.78, 5) is 7.89. The number of nitrogens with zero attached hydrogens (tertiary/aromatic N) is 1. The molecule has 0 saturated heterocycles. The van der Waals surface area contributed by atoms with Crippen LogP contribution in [0.2, 0.25) is 0 Å². The van der Waals surface area contributed by atoms with Gasteiger partial charge in [-0.25, -0.2) is 4.98 Å². The molecule has 6 heteroatoms. The Hall–Kier alpha value is -3.54. The Balaban J connectivity index is 1.64. The summed E-state index contributed by atoms with van der Waals surface area (Å²) < 4.78 is 5.97. The summed E-state index contributed by atoms with van der Waals surface area (Å²) in [5.74, 6) is 2.47. The summed E-state index contributed by atoms with van der Waals surface area (Å²) in [6.07, 6.45) is 0. The number of nitrogens with two attached hydrogens (primary N) is 1. The van der Waals surface area contributed by atoms with Gasteiger partial charge in [0.25, 0.3) is 0 Å². The van der Waals surface area contributed by atoms with E-state index in [0.29, 0.717) is 17.4 Å². The summed E-state index contributed by atoms with van der Waals surface area (Å²) in [5, 5.41) is 11.3. The molecule has 0 unspecified atom stereocenters. The second-order valence-corrected chi connectivity index (χ2v) is 6.78. The molecule has 0 aliphatic heterocycles. The first-order valence-electron chi connectivity index (χ1n) is 8.81. The minimum atomic E-state index is 0.209. The van der Waals surface area contributed by atoms with Crippen LogP contribution < -0.4 is 11.1 Å². The first-order valence-corrected chi connectivity index (χ1v) is 8.81. The van der Waals surface area contributed by atoms with Crippen molar-refractivity contribution in [2.45, 2.75) is 19.9 Å². The van der Waals surface area contributed by atoms with E-state index in [4.69, 9.17) is 15.6 Å². The molecule has 0 radical (unpaired) electrons. The van der Waals surface area contributed by atoms with E-state index in [0.717, 1.165) is 33.6 Å². The smallest absolute Gasteiger partial charge is 0.174 e. The number of imidazole rings is 1. The third-order valence-corrected chi connectivity index (χ3v) is 4.24. The highest BCUT2D eigenvalue weighted by Crippen LogP contribution is 2.29. The van der Waals surface area contributed by atoms with Crippen LogP contribution in [-0.2, 0) is 0 Å². The average molecular weight is 359 g/mol. The maximum Gasteiger partial charge on any atom is 0.174 e. The molecule has 2 aromatic heterocycles. The molecule has 5 N–H and O–H groups in total. The largest absolute Gasteiger partial charge is 0.453 e. The number of anilines is 1. The quantitative estimate of drug-likeness (QED) is 0.246. The van der Waals surface area contributed by atoms with Crippen molar-refractivity contribution in [2.75, 3.05) is 5.73 Å². The summed E-state index contributed by atoms with van der Waals surface area (Å²) in [6, 6.07) is 17.3. The Morgan fingerprint density at radius 1 is 1.07 bits per heavy atom. The zero-order chi connectivity index (χ0) is 19.0. The van der Waals surface area contributed by atoms with Gasteiger partial charge in [0.1, 0.15) is 11.6 Å². The van der Waals surface area contributed by atoms with Crippen molar-refractivity contribution in [3.8, 4) is 22.9 Å². The van der Waals surface area contributed by atoms with Crippen molar-refractivity contribution in [1.29, 1.82) is 5.41 Å². The van der Waals surface area contributed by atoms with Crippen molar-refractivity contribution in [3.05, 3.63) is 60.2 Å². The SMILES string of the molecule is CC(C)NC(=N)c1ccc2nc(-c3ccc(-c4ccc(N)cc4)o3)[nH]c2c1. The van der Waals surface area contributed by atoms with Gasteiger partial charge in [-0.1, -0.05) is 0 Å². The molecule has 27 heavy (non-hydrogen) atoms. The second-order valence-electron chi connectivity index (χ2n) is 6.78. The van der Waals surface area contributed by atoms with Crippen molar-refractivity contribution in [1.82, 2.24) is 15.3 Å². The van der Waals surface area contributed by atoms with E-state index >= 15 is 0 Å². The Morgan fingerprint density at radius 2 is 1.81 bits per heavy atom. The predicted octanol–water partition coefficient (Wildman–Crippen LogP) is 4.40. The standard InChI is InChI=1S/C21H21N5O/c1-12(2)24-20(23)14-5-8-16-17(11-14)26-21(25-16)19-10-9-18(27-19)13-3-6-15(22)7-4-13/h3-12H,22H2,1-2H3,(H2,23,24)(H,25,26). The topological polar surface area (TPSA) is 104 Å². The molecule has 2 aromatic carbocycles. The lowest BCUT2D eigenvalue weighted by Crippen LogP contribution is -2.30. The number of hydrogen-bond acceptors (Lipinski definition) is 4. The van der Waals surface area contributed by atoms with Gasteiger partial charge in [-0.15, -0.1) is 0 Å². The van der Waals surface area contributed by atoms with Crippen LogP contribution in [-0.4, -0.2) is 21.8 Å². The number of fused-ring (bicyclic) bond motifs is 1. The lowest BCUT2D eigenvalue weighted by molar-refractivity contribution is 0.593. The molecule has 4 aromatic rings. The summed E-state index contributed by atoms with van der Waals surface area (Å²) in [5.41, 5.74) is 9.93. The average Bonchev–Trinajstić information content (AvgIpc) is 3.28. The lowest BCUT2D eigenvalue weighted by Gasteiger charge is -2.10. The molecule has 136 valence electrons. The third-order valence-electron chi connectivity index (χ3n) is 4.24. The van der Waals surface area contributed by atoms with Crippen LogP contribution in [0.25, 0.3) is 33.9 Å². The van der Waals surface area contributed by atoms with Crippen LogP contribution in [0.15, 0.2) is 59.0 Å². The third kappa shape index (κ3) is 3.42. The number of aromatic nitrogens is 2.